The summed E-state index contributed by atoms with van der Waals surface area (Å²) in [4.78, 5) is 41.6. The molecule has 28 heavy (non-hydrogen) atoms. The van der Waals surface area contributed by atoms with E-state index in [-0.39, 0.29) is 5.56 Å². The van der Waals surface area contributed by atoms with E-state index in [0.717, 1.165) is 17.3 Å². The van der Waals surface area contributed by atoms with Gasteiger partial charge in [0.1, 0.15) is 0 Å². The number of rotatable bonds is 8. The van der Waals surface area contributed by atoms with Crippen LogP contribution in [0.4, 0.5) is 0 Å². The molecule has 0 bridgehead atoms. The van der Waals surface area contributed by atoms with E-state index in [1.54, 1.807) is 6.07 Å². The molecule has 4 N–H and O–H groups in total. The van der Waals surface area contributed by atoms with Crippen molar-refractivity contribution in [3.05, 3.63) is 59.7 Å². The van der Waals surface area contributed by atoms with Gasteiger partial charge in [-0.05, 0) is 29.8 Å². The summed E-state index contributed by atoms with van der Waals surface area (Å²) in [6.07, 6.45) is -0.575. The Kier molecular flexibility index (Phi) is 5.65. The summed E-state index contributed by atoms with van der Waals surface area (Å²) in [5.41, 5.74) is 2.04. The van der Waals surface area contributed by atoms with Gasteiger partial charge in [0.15, 0.2) is 5.16 Å². The third kappa shape index (κ3) is 4.32. The predicted molar refractivity (Wildman–Crippen MR) is 101 cm³/mol. The Morgan fingerprint density at radius 3 is 2.25 bits per heavy atom. The summed E-state index contributed by atoms with van der Waals surface area (Å²) in [5, 5.41) is 27.5. The van der Waals surface area contributed by atoms with Crippen LogP contribution >= 0.6 is 11.8 Å². The number of carboxylic acids is 3. The number of carboxylic acid groups (broad SMARTS) is 3. The second-order valence-corrected chi connectivity index (χ2v) is 7.20. The van der Waals surface area contributed by atoms with Crippen LogP contribution in [0.25, 0.3) is 11.0 Å². The lowest BCUT2D eigenvalue weighted by Gasteiger charge is -2.22. The number of nitrogens with one attached hydrogen (secondary N) is 1. The fourth-order valence-electron chi connectivity index (χ4n) is 2.82. The van der Waals surface area contributed by atoms with E-state index in [1.807, 2.05) is 18.2 Å². The van der Waals surface area contributed by atoms with Gasteiger partial charge in [0.05, 0.1) is 34.2 Å². The number of thioether (sulfide) groups is 1. The third-order valence-electron chi connectivity index (χ3n) is 4.17. The molecule has 3 rings (SSSR count). The highest BCUT2D eigenvalue weighted by molar-refractivity contribution is 7.99. The first-order valence-electron chi connectivity index (χ1n) is 8.24. The highest BCUT2D eigenvalue weighted by Gasteiger charge is 2.33. The van der Waals surface area contributed by atoms with E-state index in [9.17, 15) is 19.5 Å². The molecule has 2 unspecified atom stereocenters. The fourth-order valence-corrected chi connectivity index (χ4v) is 4.05. The number of aromatic nitrogens is 2. The molecule has 0 radical (unpaired) electrons. The smallest absolute Gasteiger partial charge is 0.335 e. The minimum Gasteiger partial charge on any atom is -0.481 e. The fraction of sp³-hybridized carbons (Fsp3) is 0.158. The zero-order chi connectivity index (χ0) is 20.3. The second kappa shape index (κ2) is 8.13. The average molecular weight is 400 g/mol. The average Bonchev–Trinajstić information content (AvgIpc) is 3.07. The van der Waals surface area contributed by atoms with E-state index in [0.29, 0.717) is 16.2 Å². The monoisotopic (exact) mass is 400 g/mol. The maximum Gasteiger partial charge on any atom is 0.335 e. The predicted octanol–water partition coefficient (Wildman–Crippen LogP) is 3.27. The molecule has 1 aromatic heterocycles. The Morgan fingerprint density at radius 1 is 1.00 bits per heavy atom. The summed E-state index contributed by atoms with van der Waals surface area (Å²) in [7, 11) is 0. The van der Waals surface area contributed by atoms with Crippen molar-refractivity contribution in [2.45, 2.75) is 16.8 Å². The van der Waals surface area contributed by atoms with Crippen LogP contribution < -0.4 is 0 Å². The van der Waals surface area contributed by atoms with E-state index in [4.69, 9.17) is 10.2 Å². The normalized spacial score (nSPS) is 13.1. The van der Waals surface area contributed by atoms with Crippen LogP contribution in [0.2, 0.25) is 0 Å². The minimum atomic E-state index is -1.25. The maximum atomic E-state index is 11.8. The molecular weight excluding hydrogens is 384 g/mol. The first kappa shape index (κ1) is 19.4. The second-order valence-electron chi connectivity index (χ2n) is 6.07. The number of aromatic amines is 1. The molecule has 0 aliphatic carbocycles. The SMILES string of the molecule is O=C(O)CC(C(=O)O)C(Sc1nc2ccccc2[nH]1)c1ccc(C(=O)O)cc1. The molecule has 0 amide bonds. The summed E-state index contributed by atoms with van der Waals surface area (Å²) in [6, 6.07) is 13.0. The Labute approximate surface area is 163 Å². The van der Waals surface area contributed by atoms with Crippen molar-refractivity contribution in [2.24, 2.45) is 5.92 Å². The van der Waals surface area contributed by atoms with Crippen molar-refractivity contribution in [3.63, 3.8) is 0 Å². The minimum absolute atomic E-state index is 0.0568. The number of aromatic carboxylic acids is 1. The van der Waals surface area contributed by atoms with Crippen LogP contribution in [-0.4, -0.2) is 43.2 Å². The van der Waals surface area contributed by atoms with Gasteiger partial charge in [-0.3, -0.25) is 9.59 Å². The van der Waals surface area contributed by atoms with Gasteiger partial charge in [-0.25, -0.2) is 9.78 Å². The maximum absolute atomic E-state index is 11.8. The number of carbonyl (C=O) groups is 3. The van der Waals surface area contributed by atoms with Crippen molar-refractivity contribution in [1.29, 1.82) is 0 Å². The van der Waals surface area contributed by atoms with Gasteiger partial charge in [0.25, 0.3) is 0 Å². The lowest BCUT2D eigenvalue weighted by molar-refractivity contribution is -0.148. The molecule has 9 heteroatoms. The molecule has 0 spiro atoms. The van der Waals surface area contributed by atoms with Crippen molar-refractivity contribution in [1.82, 2.24) is 9.97 Å². The van der Waals surface area contributed by atoms with Gasteiger partial charge in [0.2, 0.25) is 0 Å². The number of hydrogen-bond donors (Lipinski definition) is 4. The molecule has 3 aromatic rings. The van der Waals surface area contributed by atoms with Gasteiger partial charge in [0, 0.05) is 0 Å². The van der Waals surface area contributed by atoms with Gasteiger partial charge in [-0.2, -0.15) is 0 Å². The molecule has 8 nitrogen and oxygen atoms in total. The number of H-pyrrole nitrogens is 1. The quantitative estimate of drug-likeness (QED) is 0.422. The third-order valence-corrected chi connectivity index (χ3v) is 5.44. The Morgan fingerprint density at radius 2 is 1.68 bits per heavy atom. The number of hydrogen-bond acceptors (Lipinski definition) is 5. The molecule has 0 saturated heterocycles. The zero-order valence-corrected chi connectivity index (χ0v) is 15.2. The topological polar surface area (TPSA) is 141 Å². The highest BCUT2D eigenvalue weighted by Crippen LogP contribution is 2.42. The van der Waals surface area contributed by atoms with Crippen LogP contribution in [0.15, 0.2) is 53.7 Å². The summed E-state index contributed by atoms with van der Waals surface area (Å²) < 4.78 is 0. The van der Waals surface area contributed by atoms with Gasteiger partial charge < -0.3 is 20.3 Å². The number of fused-ring (bicyclic) bond motifs is 1. The number of aliphatic carboxylic acids is 2. The zero-order valence-electron chi connectivity index (χ0n) is 14.4. The van der Waals surface area contributed by atoms with Crippen LogP contribution in [-0.2, 0) is 9.59 Å². The summed E-state index contributed by atoms with van der Waals surface area (Å²) >= 11 is 1.10. The Hall–Kier alpha value is -3.33. The molecule has 1 heterocycles. The lowest BCUT2D eigenvalue weighted by atomic mass is 9.95. The molecule has 2 atom stereocenters. The van der Waals surface area contributed by atoms with Gasteiger partial charge in [-0.15, -0.1) is 0 Å². The van der Waals surface area contributed by atoms with E-state index in [1.165, 1.54) is 24.3 Å². The van der Waals surface area contributed by atoms with Crippen molar-refractivity contribution >= 4 is 40.7 Å². The summed E-state index contributed by atoms with van der Waals surface area (Å²) in [6.45, 7) is 0. The first-order chi connectivity index (χ1) is 13.3. The number of imidazole rings is 1. The lowest BCUT2D eigenvalue weighted by Crippen LogP contribution is -2.23. The van der Waals surface area contributed by atoms with Crippen LogP contribution in [0.1, 0.15) is 27.6 Å². The molecule has 0 aliphatic heterocycles. The van der Waals surface area contributed by atoms with Crippen molar-refractivity contribution < 1.29 is 29.7 Å². The highest BCUT2D eigenvalue weighted by atomic mass is 32.2. The Bertz CT molecular complexity index is 997. The standard InChI is InChI=1S/C19H16N2O6S/c22-15(23)9-12(18(26)27)16(10-5-7-11(8-6-10)17(24)25)28-19-20-13-3-1-2-4-14(13)21-19/h1-8,12,16H,9H2,(H,20,21)(H,22,23)(H,24,25)(H,26,27). The molecular formula is C19H16N2O6S. The molecule has 2 aromatic carbocycles. The Balaban J connectivity index is 2.00. The van der Waals surface area contributed by atoms with E-state index in [2.05, 4.69) is 9.97 Å². The van der Waals surface area contributed by atoms with Crippen molar-refractivity contribution in [3.8, 4) is 0 Å². The number of benzene rings is 2. The van der Waals surface area contributed by atoms with Crippen LogP contribution in [0.3, 0.4) is 0 Å². The number of para-hydroxylation sites is 2. The first-order valence-corrected chi connectivity index (χ1v) is 9.12. The van der Waals surface area contributed by atoms with Crippen LogP contribution in [0, 0.1) is 5.92 Å². The molecule has 0 fully saturated rings. The van der Waals surface area contributed by atoms with Gasteiger partial charge in [-0.1, -0.05) is 36.0 Å². The molecule has 0 aliphatic rings. The molecule has 144 valence electrons. The van der Waals surface area contributed by atoms with Crippen LogP contribution in [0.5, 0.6) is 0 Å². The van der Waals surface area contributed by atoms with Crippen molar-refractivity contribution in [2.75, 3.05) is 0 Å². The largest absolute Gasteiger partial charge is 0.481 e. The summed E-state index contributed by atoms with van der Waals surface area (Å²) in [5.74, 6) is -4.82. The molecule has 0 saturated carbocycles. The van der Waals surface area contributed by atoms with Gasteiger partial charge >= 0.3 is 17.9 Å². The number of nitrogens with zero attached hydrogens (tertiary/aromatic N) is 1. The van der Waals surface area contributed by atoms with E-state index >= 15 is 0 Å². The van der Waals surface area contributed by atoms with E-state index < -0.39 is 35.5 Å².